The van der Waals surface area contributed by atoms with Gasteiger partial charge in [0.05, 0.1) is 50.5 Å². The topological polar surface area (TPSA) is 179 Å². The second-order valence-corrected chi connectivity index (χ2v) is 20.4. The molecule has 4 aliphatic rings. The summed E-state index contributed by atoms with van der Waals surface area (Å²) in [6, 6.07) is 25.1. The Hall–Kier alpha value is -7.11. The van der Waals surface area contributed by atoms with Gasteiger partial charge in [-0.05, 0) is 116 Å². The molecular formula is C55H59Cl2N7O10. The Labute approximate surface area is 439 Å². The van der Waals surface area contributed by atoms with Gasteiger partial charge in [0, 0.05) is 45.3 Å². The maximum absolute atomic E-state index is 13.2. The zero-order valence-corrected chi connectivity index (χ0v) is 43.8. The summed E-state index contributed by atoms with van der Waals surface area (Å²) >= 11 is 11.9. The Balaban J connectivity index is 0.000000182. The van der Waals surface area contributed by atoms with Gasteiger partial charge in [0.25, 0.3) is 11.8 Å². The molecule has 74 heavy (non-hydrogen) atoms. The maximum Gasteiger partial charge on any atom is 0.309 e. The van der Waals surface area contributed by atoms with Gasteiger partial charge in [0.2, 0.25) is 0 Å². The Bertz CT molecular complexity index is 3020. The minimum absolute atomic E-state index is 0.166. The number of rotatable bonds is 19. The van der Waals surface area contributed by atoms with Crippen LogP contribution in [0.3, 0.4) is 0 Å². The van der Waals surface area contributed by atoms with E-state index in [4.69, 9.17) is 51.6 Å². The smallest absolute Gasteiger partial charge is 0.309 e. The van der Waals surface area contributed by atoms with Gasteiger partial charge in [0.15, 0.2) is 34.4 Å². The number of benzene rings is 4. The van der Waals surface area contributed by atoms with Gasteiger partial charge in [-0.2, -0.15) is 15.0 Å². The number of aromatic nitrogens is 5. The van der Waals surface area contributed by atoms with Crippen molar-refractivity contribution in [2.75, 3.05) is 37.2 Å². The van der Waals surface area contributed by atoms with E-state index in [0.29, 0.717) is 86.4 Å². The molecule has 0 bridgehead atoms. The van der Waals surface area contributed by atoms with Gasteiger partial charge in [-0.1, -0.05) is 57.8 Å². The number of fused-ring (bicyclic) bond motifs is 2. The molecule has 0 spiro atoms. The largest absolute Gasteiger partial charge is 0.493 e. The monoisotopic (exact) mass is 1050 g/mol. The molecule has 17 nitrogen and oxygen atoms in total. The van der Waals surface area contributed by atoms with Crippen molar-refractivity contribution in [3.05, 3.63) is 124 Å². The number of ether oxygens (including phenoxy) is 6. The lowest BCUT2D eigenvalue weighted by Gasteiger charge is -2.23. The van der Waals surface area contributed by atoms with Crippen LogP contribution in [0.1, 0.15) is 92.5 Å². The zero-order valence-electron chi connectivity index (χ0n) is 42.3. The Kier molecular flexibility index (Phi) is 15.5. The molecule has 2 fully saturated rings. The third kappa shape index (κ3) is 11.6. The van der Waals surface area contributed by atoms with Crippen molar-refractivity contribution in [1.82, 2.24) is 24.8 Å². The number of carbonyl (C=O) groups excluding carboxylic acids is 4. The van der Waals surface area contributed by atoms with Crippen LogP contribution in [0, 0.1) is 29.6 Å². The third-order valence-corrected chi connectivity index (χ3v) is 14.1. The van der Waals surface area contributed by atoms with Crippen LogP contribution in [-0.2, 0) is 32.2 Å². The highest BCUT2D eigenvalue weighted by Gasteiger charge is 2.39. The molecule has 2 amide bonds. The summed E-state index contributed by atoms with van der Waals surface area (Å²) in [5, 5.41) is 14.6. The van der Waals surface area contributed by atoms with Crippen LogP contribution in [0.4, 0.5) is 11.4 Å². The molecule has 1 unspecified atom stereocenters. The highest BCUT2D eigenvalue weighted by Crippen LogP contribution is 2.40. The summed E-state index contributed by atoms with van der Waals surface area (Å²) in [7, 11) is 3.10. The second kappa shape index (κ2) is 22.2. The molecule has 4 heterocycles. The lowest BCUT2D eigenvalue weighted by molar-refractivity contribution is -0.158. The van der Waals surface area contributed by atoms with E-state index in [1.54, 1.807) is 95.4 Å². The standard InChI is InChI=1S/C29H32ClN3O5.C26H27ClN4O5/c1-17(2)18(3)29(35)38-26(19-5-6-19)16-37-24-12-11-23(13-25(24)36-4)32-14-20-15-33(31-27(20)28(32)34)22-9-7-21(30)8-10-22;1-15(2)26(33)36-23(16-4-5-16)14-35-21-11-10-19(12-22(21)34-3)30-13-20-24(25(30)32)29-31(28-20)18-8-6-17(27)7-9-18/h7-13,15,17-19,26H,5-6,14,16H2,1-4H3;6-12,15-16,23H,4-5,13-14H2,1-3H3/t18-,26-;/m0./s1. The molecule has 10 rings (SSSR count). The van der Waals surface area contributed by atoms with Gasteiger partial charge in [-0.25, -0.2) is 4.68 Å². The molecule has 0 N–H and O–H groups in total. The number of nitrogens with zero attached hydrogens (tertiary/aromatic N) is 7. The SMILES string of the molecule is COc1cc(N2Cc3cn(-c4ccc(Cl)cc4)nc3C2=O)ccc1OC[C@H](OC(=O)[C@@H](C)C(C)C)C1CC1.COc1cc(N2Cc3nn(-c4ccc(Cl)cc4)nc3C2=O)ccc1OCC(OC(=O)C(C)C)C1CC1. The molecule has 388 valence electrons. The lowest BCUT2D eigenvalue weighted by Crippen LogP contribution is -2.31. The van der Waals surface area contributed by atoms with Gasteiger partial charge in [-0.3, -0.25) is 19.2 Å². The normalized spacial score (nSPS) is 16.0. The quantitative estimate of drug-likeness (QED) is 0.0701. The molecule has 6 aromatic rings. The fraction of sp³-hybridized carbons (Fsp3) is 0.400. The number of amides is 2. The molecule has 2 aliphatic carbocycles. The summed E-state index contributed by atoms with van der Waals surface area (Å²) in [5.41, 5.74) is 5.05. The first-order valence-corrected chi connectivity index (χ1v) is 25.6. The van der Waals surface area contributed by atoms with E-state index < -0.39 is 0 Å². The summed E-state index contributed by atoms with van der Waals surface area (Å²) in [6.07, 6.45) is 5.39. The number of hydrogen-bond acceptors (Lipinski definition) is 13. The van der Waals surface area contributed by atoms with Crippen LogP contribution in [-0.4, -0.2) is 88.2 Å². The lowest BCUT2D eigenvalue weighted by atomic mass is 9.98. The first kappa shape index (κ1) is 51.8. The van der Waals surface area contributed by atoms with Crippen LogP contribution < -0.4 is 28.7 Å². The van der Waals surface area contributed by atoms with E-state index in [1.165, 1.54) is 4.80 Å². The average Bonchev–Trinajstić information content (AvgIpc) is 4.30. The molecule has 4 aromatic carbocycles. The predicted molar refractivity (Wildman–Crippen MR) is 277 cm³/mol. The van der Waals surface area contributed by atoms with E-state index in [9.17, 15) is 19.2 Å². The highest BCUT2D eigenvalue weighted by molar-refractivity contribution is 6.30. The second-order valence-electron chi connectivity index (χ2n) is 19.6. The summed E-state index contributed by atoms with van der Waals surface area (Å²) in [5.74, 6) is 1.71. The number of carbonyl (C=O) groups is 4. The Morgan fingerprint density at radius 2 is 1.08 bits per heavy atom. The van der Waals surface area contributed by atoms with Crippen molar-refractivity contribution >= 4 is 58.3 Å². The van der Waals surface area contributed by atoms with Crippen molar-refractivity contribution in [3.8, 4) is 34.4 Å². The first-order valence-electron chi connectivity index (χ1n) is 24.8. The van der Waals surface area contributed by atoms with Gasteiger partial charge in [-0.15, -0.1) is 5.10 Å². The number of hydrogen-bond donors (Lipinski definition) is 0. The molecule has 2 aliphatic heterocycles. The van der Waals surface area contributed by atoms with Gasteiger partial charge >= 0.3 is 11.9 Å². The molecule has 2 aromatic heterocycles. The number of esters is 2. The molecule has 0 radical (unpaired) electrons. The predicted octanol–water partition coefficient (Wildman–Crippen LogP) is 10.1. The molecule has 3 atom stereocenters. The van der Waals surface area contributed by atoms with E-state index in [0.717, 1.165) is 42.6 Å². The van der Waals surface area contributed by atoms with E-state index in [2.05, 4.69) is 15.3 Å². The zero-order chi connectivity index (χ0) is 52.4. The fourth-order valence-corrected chi connectivity index (χ4v) is 8.63. The molecule has 2 saturated carbocycles. The minimum atomic E-state index is -0.291. The fourth-order valence-electron chi connectivity index (χ4n) is 8.38. The van der Waals surface area contributed by atoms with Crippen LogP contribution in [0.5, 0.6) is 23.0 Å². The number of methoxy groups -OCH3 is 2. The Morgan fingerprint density at radius 3 is 1.55 bits per heavy atom. The molecule has 19 heteroatoms. The molecule has 0 saturated heterocycles. The third-order valence-electron chi connectivity index (χ3n) is 13.6. The van der Waals surface area contributed by atoms with Crippen LogP contribution >= 0.6 is 23.2 Å². The van der Waals surface area contributed by atoms with E-state index in [-0.39, 0.29) is 66.9 Å². The van der Waals surface area contributed by atoms with Crippen molar-refractivity contribution in [2.24, 2.45) is 29.6 Å². The molecular weight excluding hydrogens is 990 g/mol. The minimum Gasteiger partial charge on any atom is -0.493 e. The van der Waals surface area contributed by atoms with Crippen LogP contribution in [0.15, 0.2) is 91.1 Å². The first-order chi connectivity index (χ1) is 35.6. The Morgan fingerprint density at radius 1 is 0.595 bits per heavy atom. The van der Waals surface area contributed by atoms with E-state index >= 15 is 0 Å². The average molecular weight is 1050 g/mol. The van der Waals surface area contributed by atoms with Crippen LogP contribution in [0.25, 0.3) is 11.4 Å². The summed E-state index contributed by atoms with van der Waals surface area (Å²) in [6.45, 7) is 10.7. The van der Waals surface area contributed by atoms with Crippen LogP contribution in [0.2, 0.25) is 10.0 Å². The highest BCUT2D eigenvalue weighted by atomic mass is 35.5. The number of halogens is 2. The van der Waals surface area contributed by atoms with Crippen molar-refractivity contribution in [3.63, 3.8) is 0 Å². The number of anilines is 2. The van der Waals surface area contributed by atoms with Crippen molar-refractivity contribution in [1.29, 1.82) is 0 Å². The maximum atomic E-state index is 13.2. The summed E-state index contributed by atoms with van der Waals surface area (Å²) in [4.78, 5) is 55.6. The van der Waals surface area contributed by atoms with Gasteiger partial charge < -0.3 is 38.2 Å². The van der Waals surface area contributed by atoms with Crippen molar-refractivity contribution in [2.45, 2.75) is 85.6 Å². The van der Waals surface area contributed by atoms with E-state index in [1.807, 2.05) is 59.0 Å². The summed E-state index contributed by atoms with van der Waals surface area (Å²) < 4.78 is 36.3. The van der Waals surface area contributed by atoms with Crippen molar-refractivity contribution < 1.29 is 47.6 Å². The van der Waals surface area contributed by atoms with Gasteiger partial charge in [0.1, 0.15) is 31.1 Å².